The predicted molar refractivity (Wildman–Crippen MR) is 58.2 cm³/mol. The first kappa shape index (κ1) is 12.0. The monoisotopic (exact) mass is 227 g/mol. The Morgan fingerprint density at radius 1 is 1.47 bits per heavy atom. The van der Waals surface area contributed by atoms with Crippen molar-refractivity contribution in [3.63, 3.8) is 0 Å². The van der Waals surface area contributed by atoms with Crippen molar-refractivity contribution in [2.45, 2.75) is 17.9 Å². The fraction of sp³-hybridized carbons (Fsp3) is 0.400. The molecule has 1 aromatic heterocycles. The molecule has 0 saturated carbocycles. The van der Waals surface area contributed by atoms with E-state index in [4.69, 9.17) is 10.2 Å². The number of hydrogen-bond acceptors (Lipinski definition) is 4. The van der Waals surface area contributed by atoms with E-state index in [1.54, 1.807) is 18.3 Å². The highest BCUT2D eigenvalue weighted by Gasteiger charge is 2.10. The fourth-order valence-electron chi connectivity index (χ4n) is 1.05. The molecule has 0 fully saturated rings. The topological polar surface area (TPSA) is 70.4 Å². The Bertz CT molecular complexity index is 330. The largest absolute Gasteiger partial charge is 0.478 e. The summed E-state index contributed by atoms with van der Waals surface area (Å²) in [5.74, 6) is -0.176. The summed E-state index contributed by atoms with van der Waals surface area (Å²) in [6, 6.07) is 3.16. The number of thioether (sulfide) groups is 1. The fourth-order valence-corrected chi connectivity index (χ4v) is 2.04. The number of nitrogens with zero attached hydrogens (tertiary/aromatic N) is 1. The number of aliphatic hydroxyl groups excluding tert-OH is 1. The predicted octanol–water partition coefficient (Wildman–Crippen LogP) is 1.64. The minimum atomic E-state index is -0.951. The molecule has 0 saturated heterocycles. The molecule has 1 heterocycles. The van der Waals surface area contributed by atoms with Gasteiger partial charge in [-0.2, -0.15) is 0 Å². The maximum atomic E-state index is 10.8. The Balaban J connectivity index is 2.56. The van der Waals surface area contributed by atoms with Crippen molar-refractivity contribution in [3.05, 3.63) is 23.9 Å². The van der Waals surface area contributed by atoms with Crippen molar-refractivity contribution >= 4 is 17.7 Å². The molecular formula is C10H13NO3S. The summed E-state index contributed by atoms with van der Waals surface area (Å²) >= 11 is 1.41. The van der Waals surface area contributed by atoms with Crippen LogP contribution in [0.1, 0.15) is 23.2 Å². The van der Waals surface area contributed by atoms with Gasteiger partial charge in [0.15, 0.2) is 0 Å². The number of aromatic carboxylic acids is 1. The van der Waals surface area contributed by atoms with E-state index >= 15 is 0 Å². The van der Waals surface area contributed by atoms with Crippen molar-refractivity contribution < 1.29 is 15.0 Å². The van der Waals surface area contributed by atoms with E-state index in [2.05, 4.69) is 4.98 Å². The minimum absolute atomic E-state index is 0.175. The number of aromatic nitrogens is 1. The molecular weight excluding hydrogens is 214 g/mol. The summed E-state index contributed by atoms with van der Waals surface area (Å²) in [4.78, 5) is 14.8. The molecule has 82 valence electrons. The summed E-state index contributed by atoms with van der Waals surface area (Å²) in [6.07, 6.45) is 3.18. The number of aliphatic hydroxyl groups is 1. The molecule has 0 spiro atoms. The summed E-state index contributed by atoms with van der Waals surface area (Å²) in [5, 5.41) is 18.0. The van der Waals surface area contributed by atoms with Crippen molar-refractivity contribution in [2.24, 2.45) is 0 Å². The molecule has 0 aliphatic carbocycles. The van der Waals surface area contributed by atoms with Gasteiger partial charge < -0.3 is 10.2 Å². The number of unbranched alkanes of at least 4 members (excludes halogenated alkanes) is 1. The van der Waals surface area contributed by atoms with Gasteiger partial charge >= 0.3 is 5.97 Å². The van der Waals surface area contributed by atoms with Crippen LogP contribution in [0.25, 0.3) is 0 Å². The molecule has 0 aliphatic heterocycles. The first-order chi connectivity index (χ1) is 7.25. The molecule has 0 aromatic carbocycles. The molecule has 4 nitrogen and oxygen atoms in total. The van der Waals surface area contributed by atoms with E-state index in [0.717, 1.165) is 18.6 Å². The smallest absolute Gasteiger partial charge is 0.338 e. The van der Waals surface area contributed by atoms with Crippen LogP contribution in [0.4, 0.5) is 0 Å². The first-order valence-corrected chi connectivity index (χ1v) is 5.66. The molecule has 2 N–H and O–H groups in total. The van der Waals surface area contributed by atoms with Crippen LogP contribution in [0.3, 0.4) is 0 Å². The van der Waals surface area contributed by atoms with E-state index in [1.165, 1.54) is 11.8 Å². The molecule has 0 aliphatic rings. The third kappa shape index (κ3) is 3.89. The van der Waals surface area contributed by atoms with E-state index in [-0.39, 0.29) is 12.2 Å². The maximum Gasteiger partial charge on any atom is 0.338 e. The van der Waals surface area contributed by atoms with Gasteiger partial charge in [-0.15, -0.1) is 11.8 Å². The third-order valence-corrected chi connectivity index (χ3v) is 2.88. The lowest BCUT2D eigenvalue weighted by Crippen LogP contribution is -2.00. The SMILES string of the molecule is O=C(O)c1cccnc1SCCCCO. The van der Waals surface area contributed by atoms with Crippen molar-refractivity contribution in [3.8, 4) is 0 Å². The van der Waals surface area contributed by atoms with Gasteiger partial charge in [-0.25, -0.2) is 9.78 Å². The number of hydrogen-bond donors (Lipinski definition) is 2. The third-order valence-electron chi connectivity index (χ3n) is 1.79. The molecule has 0 unspecified atom stereocenters. The Morgan fingerprint density at radius 2 is 2.27 bits per heavy atom. The second-order valence-corrected chi connectivity index (χ2v) is 4.02. The van der Waals surface area contributed by atoms with Crippen LogP contribution in [-0.2, 0) is 0 Å². The zero-order valence-corrected chi connectivity index (χ0v) is 9.04. The number of pyridine rings is 1. The summed E-state index contributed by atoms with van der Waals surface area (Å²) in [6.45, 7) is 0.175. The summed E-state index contributed by atoms with van der Waals surface area (Å²) in [7, 11) is 0. The second-order valence-electron chi connectivity index (χ2n) is 2.94. The van der Waals surface area contributed by atoms with Gasteiger partial charge in [0.05, 0.1) is 5.56 Å². The number of carbonyl (C=O) groups is 1. The lowest BCUT2D eigenvalue weighted by atomic mass is 10.3. The lowest BCUT2D eigenvalue weighted by molar-refractivity contribution is 0.0692. The van der Waals surface area contributed by atoms with Gasteiger partial charge in [0.25, 0.3) is 0 Å². The highest BCUT2D eigenvalue weighted by molar-refractivity contribution is 7.99. The van der Waals surface area contributed by atoms with Gasteiger partial charge in [-0.05, 0) is 30.7 Å². The summed E-state index contributed by atoms with van der Waals surface area (Å²) in [5.41, 5.74) is 0.242. The molecule has 0 radical (unpaired) electrons. The van der Waals surface area contributed by atoms with Crippen molar-refractivity contribution in [1.29, 1.82) is 0 Å². The summed E-state index contributed by atoms with van der Waals surface area (Å²) < 4.78 is 0. The Kier molecular flexibility index (Phi) is 5.14. The highest BCUT2D eigenvalue weighted by atomic mass is 32.2. The van der Waals surface area contributed by atoms with Crippen LogP contribution in [0, 0.1) is 0 Å². The zero-order chi connectivity index (χ0) is 11.1. The zero-order valence-electron chi connectivity index (χ0n) is 8.22. The van der Waals surface area contributed by atoms with Crippen LogP contribution >= 0.6 is 11.8 Å². The normalized spacial score (nSPS) is 10.2. The Labute approximate surface area is 92.3 Å². The van der Waals surface area contributed by atoms with Gasteiger partial charge in [-0.3, -0.25) is 0 Å². The molecule has 5 heteroatoms. The van der Waals surface area contributed by atoms with Crippen LogP contribution in [0.15, 0.2) is 23.4 Å². The van der Waals surface area contributed by atoms with Crippen molar-refractivity contribution in [2.75, 3.05) is 12.4 Å². The van der Waals surface area contributed by atoms with Crippen LogP contribution in [0.2, 0.25) is 0 Å². The van der Waals surface area contributed by atoms with E-state index < -0.39 is 5.97 Å². The second kappa shape index (κ2) is 6.42. The number of carboxylic acids is 1. The molecule has 0 bridgehead atoms. The molecule has 0 amide bonds. The molecule has 15 heavy (non-hydrogen) atoms. The molecule has 1 aromatic rings. The first-order valence-electron chi connectivity index (χ1n) is 4.67. The number of rotatable bonds is 6. The average molecular weight is 227 g/mol. The van der Waals surface area contributed by atoms with Crippen molar-refractivity contribution in [1.82, 2.24) is 4.98 Å². The van der Waals surface area contributed by atoms with Crippen LogP contribution in [-0.4, -0.2) is 33.5 Å². The standard InChI is InChI=1S/C10H13NO3S/c12-6-1-2-7-15-9-8(10(13)14)4-3-5-11-9/h3-5,12H,1-2,6-7H2,(H,13,14). The number of carboxylic acid groups (broad SMARTS) is 1. The van der Waals surface area contributed by atoms with Crippen LogP contribution in [0.5, 0.6) is 0 Å². The van der Waals surface area contributed by atoms with Gasteiger partial charge in [0.2, 0.25) is 0 Å². The van der Waals surface area contributed by atoms with E-state index in [1.807, 2.05) is 0 Å². The lowest BCUT2D eigenvalue weighted by Gasteiger charge is -2.03. The van der Waals surface area contributed by atoms with Gasteiger partial charge in [-0.1, -0.05) is 0 Å². The van der Waals surface area contributed by atoms with Crippen LogP contribution < -0.4 is 0 Å². The molecule has 1 rings (SSSR count). The minimum Gasteiger partial charge on any atom is -0.478 e. The maximum absolute atomic E-state index is 10.8. The van der Waals surface area contributed by atoms with Gasteiger partial charge in [0.1, 0.15) is 5.03 Å². The Hall–Kier alpha value is -1.07. The Morgan fingerprint density at radius 3 is 2.93 bits per heavy atom. The molecule has 0 atom stereocenters. The average Bonchev–Trinajstić information content (AvgIpc) is 2.25. The van der Waals surface area contributed by atoms with E-state index in [9.17, 15) is 4.79 Å². The van der Waals surface area contributed by atoms with Gasteiger partial charge in [0, 0.05) is 12.8 Å². The van der Waals surface area contributed by atoms with E-state index in [0.29, 0.717) is 5.03 Å². The highest BCUT2D eigenvalue weighted by Crippen LogP contribution is 2.20. The quantitative estimate of drug-likeness (QED) is 0.571.